The number of ether oxygens (including phenoxy) is 1. The van der Waals surface area contributed by atoms with Crippen molar-refractivity contribution in [3.8, 4) is 0 Å². The fourth-order valence-electron chi connectivity index (χ4n) is 7.29. The molecule has 4 fully saturated rings. The molecule has 36 heavy (non-hydrogen) atoms. The number of benzene rings is 2. The SMILES string of the molecule is CC[C@H]1CN2CC[C@H]1C[C@@H]2[C@H](OC1(C(=O)c2ccccc2)CCCCC1)c1ccnc2ccccc12. The van der Waals surface area contributed by atoms with Gasteiger partial charge in [0.05, 0.1) is 5.52 Å². The molecule has 1 saturated carbocycles. The third kappa shape index (κ3) is 4.29. The van der Waals surface area contributed by atoms with Gasteiger partial charge in [-0.1, -0.05) is 81.1 Å². The zero-order valence-corrected chi connectivity index (χ0v) is 21.4. The number of hydrogen-bond donors (Lipinski definition) is 0. The largest absolute Gasteiger partial charge is 0.357 e. The van der Waals surface area contributed by atoms with Crippen LogP contribution in [0.25, 0.3) is 10.9 Å². The standard InChI is InChI=1S/C32H38N2O2/c1-2-23-22-34-20-16-25(23)21-29(34)30(27-15-19-33-28-14-8-7-13-26(27)28)36-32(17-9-4-10-18-32)31(35)24-11-5-3-6-12-24/h3,5-8,11-15,19,23,25,29-30H,2,4,9-10,16-18,20-22H2,1H3/t23-,25-,29+,30+/m0/s1. The number of Topliss-reactive ketones (excluding diaryl/α,β-unsaturated/α-hetero) is 1. The lowest BCUT2D eigenvalue weighted by Crippen LogP contribution is -2.57. The predicted octanol–water partition coefficient (Wildman–Crippen LogP) is 7.00. The molecule has 2 bridgehead atoms. The minimum atomic E-state index is -0.767. The van der Waals surface area contributed by atoms with E-state index in [4.69, 9.17) is 4.74 Å². The first-order chi connectivity index (χ1) is 17.7. The van der Waals surface area contributed by atoms with Crippen LogP contribution in [0, 0.1) is 11.8 Å². The minimum Gasteiger partial charge on any atom is -0.357 e. The monoisotopic (exact) mass is 482 g/mol. The highest BCUT2D eigenvalue weighted by molar-refractivity contribution is 6.02. The van der Waals surface area contributed by atoms with Crippen LogP contribution < -0.4 is 0 Å². The molecule has 0 spiro atoms. The van der Waals surface area contributed by atoms with Crippen molar-refractivity contribution in [1.29, 1.82) is 0 Å². The Labute approximate surface area is 215 Å². The molecular weight excluding hydrogens is 444 g/mol. The van der Waals surface area contributed by atoms with E-state index in [9.17, 15) is 4.79 Å². The summed E-state index contributed by atoms with van der Waals surface area (Å²) in [6.45, 7) is 4.62. The fourth-order valence-corrected chi connectivity index (χ4v) is 7.29. The summed E-state index contributed by atoms with van der Waals surface area (Å²) in [6.07, 6.45) is 10.3. The average molecular weight is 483 g/mol. The van der Waals surface area contributed by atoms with Gasteiger partial charge in [0.2, 0.25) is 0 Å². The molecule has 0 amide bonds. The summed E-state index contributed by atoms with van der Waals surface area (Å²) in [5.41, 5.74) is 2.20. The van der Waals surface area contributed by atoms with Gasteiger partial charge in [-0.15, -0.1) is 0 Å². The molecule has 4 heteroatoms. The molecule has 4 nitrogen and oxygen atoms in total. The molecule has 3 aromatic rings. The van der Waals surface area contributed by atoms with E-state index in [0.29, 0.717) is 6.04 Å². The third-order valence-corrected chi connectivity index (χ3v) is 9.26. The van der Waals surface area contributed by atoms with Gasteiger partial charge in [0, 0.05) is 29.7 Å². The van der Waals surface area contributed by atoms with E-state index in [1.54, 1.807) is 0 Å². The van der Waals surface area contributed by atoms with E-state index in [2.05, 4.69) is 47.1 Å². The maximum absolute atomic E-state index is 14.1. The Morgan fingerprint density at radius 2 is 1.83 bits per heavy atom. The number of piperidine rings is 3. The van der Waals surface area contributed by atoms with Crippen LogP contribution in [-0.2, 0) is 4.74 Å². The van der Waals surface area contributed by atoms with Crippen LogP contribution in [0.2, 0.25) is 0 Å². The van der Waals surface area contributed by atoms with Crippen molar-refractivity contribution >= 4 is 16.7 Å². The van der Waals surface area contributed by atoms with Crippen LogP contribution >= 0.6 is 0 Å². The van der Waals surface area contributed by atoms with Gasteiger partial charge in [-0.25, -0.2) is 0 Å². The molecule has 188 valence electrons. The maximum Gasteiger partial charge on any atom is 0.194 e. The van der Waals surface area contributed by atoms with Crippen LogP contribution in [0.4, 0.5) is 0 Å². The van der Waals surface area contributed by atoms with Crippen molar-refractivity contribution in [3.05, 3.63) is 78.0 Å². The minimum absolute atomic E-state index is 0.149. The normalized spacial score (nSPS) is 28.1. The number of nitrogens with zero attached hydrogens (tertiary/aromatic N) is 2. The van der Waals surface area contributed by atoms with E-state index >= 15 is 0 Å². The molecule has 7 rings (SSSR count). The zero-order valence-electron chi connectivity index (χ0n) is 21.4. The van der Waals surface area contributed by atoms with Crippen LogP contribution in [0.15, 0.2) is 66.9 Å². The van der Waals surface area contributed by atoms with Gasteiger partial charge in [0.1, 0.15) is 11.7 Å². The zero-order chi connectivity index (χ0) is 24.5. The average Bonchev–Trinajstić information content (AvgIpc) is 2.96. The lowest BCUT2D eigenvalue weighted by Gasteiger charge is -2.53. The number of carbonyl (C=O) groups is 1. The molecule has 1 aromatic heterocycles. The van der Waals surface area contributed by atoms with Crippen LogP contribution in [0.3, 0.4) is 0 Å². The van der Waals surface area contributed by atoms with Crippen LogP contribution in [0.1, 0.15) is 80.3 Å². The Kier molecular flexibility index (Phi) is 6.66. The van der Waals surface area contributed by atoms with Crippen molar-refractivity contribution < 1.29 is 9.53 Å². The summed E-state index contributed by atoms with van der Waals surface area (Å²) in [7, 11) is 0. The number of hydrogen-bond acceptors (Lipinski definition) is 4. The van der Waals surface area contributed by atoms with Gasteiger partial charge < -0.3 is 4.74 Å². The Balaban J connectivity index is 1.44. The van der Waals surface area contributed by atoms with Gasteiger partial charge in [0.15, 0.2) is 5.78 Å². The molecule has 2 aromatic carbocycles. The van der Waals surface area contributed by atoms with E-state index < -0.39 is 5.60 Å². The van der Waals surface area contributed by atoms with E-state index in [1.165, 1.54) is 24.8 Å². The second-order valence-corrected chi connectivity index (χ2v) is 11.2. The predicted molar refractivity (Wildman–Crippen MR) is 144 cm³/mol. The molecule has 3 aliphatic heterocycles. The fraction of sp³-hybridized carbons (Fsp3) is 0.500. The molecule has 4 heterocycles. The Morgan fingerprint density at radius 3 is 2.58 bits per heavy atom. The highest BCUT2D eigenvalue weighted by Gasteiger charge is 2.49. The third-order valence-electron chi connectivity index (χ3n) is 9.26. The lowest BCUT2D eigenvalue weighted by molar-refractivity contribution is -0.142. The number of pyridine rings is 1. The number of aromatic nitrogens is 1. The van der Waals surface area contributed by atoms with E-state index in [1.807, 2.05) is 36.5 Å². The summed E-state index contributed by atoms with van der Waals surface area (Å²) in [6, 6.07) is 20.7. The molecule has 0 radical (unpaired) electrons. The first-order valence-electron chi connectivity index (χ1n) is 14.0. The number of fused-ring (bicyclic) bond motifs is 4. The smallest absolute Gasteiger partial charge is 0.194 e. The quantitative estimate of drug-likeness (QED) is 0.340. The van der Waals surface area contributed by atoms with E-state index in [0.717, 1.165) is 73.5 Å². The lowest BCUT2D eigenvalue weighted by atomic mass is 9.72. The maximum atomic E-state index is 14.1. The Hall–Kier alpha value is -2.56. The Morgan fingerprint density at radius 1 is 1.06 bits per heavy atom. The summed E-state index contributed by atoms with van der Waals surface area (Å²) >= 11 is 0. The van der Waals surface area contributed by atoms with Gasteiger partial charge >= 0.3 is 0 Å². The van der Waals surface area contributed by atoms with Crippen molar-refractivity contribution in [2.75, 3.05) is 13.1 Å². The van der Waals surface area contributed by atoms with Crippen molar-refractivity contribution in [2.45, 2.75) is 76.0 Å². The molecule has 0 N–H and O–H groups in total. The highest BCUT2D eigenvalue weighted by Crippen LogP contribution is 2.47. The molecule has 5 atom stereocenters. The van der Waals surface area contributed by atoms with Gasteiger partial charge in [-0.2, -0.15) is 0 Å². The number of para-hydroxylation sites is 1. The number of rotatable bonds is 7. The molecule has 3 saturated heterocycles. The first-order valence-corrected chi connectivity index (χ1v) is 14.0. The highest BCUT2D eigenvalue weighted by atomic mass is 16.5. The second-order valence-electron chi connectivity index (χ2n) is 11.2. The summed E-state index contributed by atoms with van der Waals surface area (Å²) in [5, 5.41) is 1.15. The topological polar surface area (TPSA) is 42.4 Å². The number of carbonyl (C=O) groups excluding carboxylic acids is 1. The van der Waals surface area contributed by atoms with E-state index in [-0.39, 0.29) is 11.9 Å². The summed E-state index contributed by atoms with van der Waals surface area (Å²) < 4.78 is 7.33. The second kappa shape index (κ2) is 10.1. The van der Waals surface area contributed by atoms with Gasteiger partial charge in [-0.05, 0) is 61.8 Å². The summed E-state index contributed by atoms with van der Waals surface area (Å²) in [5.74, 6) is 1.68. The number of ketones is 1. The molecular formula is C32H38N2O2. The van der Waals surface area contributed by atoms with Gasteiger partial charge in [-0.3, -0.25) is 14.7 Å². The van der Waals surface area contributed by atoms with Gasteiger partial charge in [0.25, 0.3) is 0 Å². The molecule has 4 aliphatic rings. The molecule has 1 aliphatic carbocycles. The molecule has 1 unspecified atom stereocenters. The van der Waals surface area contributed by atoms with Crippen LogP contribution in [-0.4, -0.2) is 40.4 Å². The van der Waals surface area contributed by atoms with Crippen molar-refractivity contribution in [2.24, 2.45) is 11.8 Å². The van der Waals surface area contributed by atoms with Crippen molar-refractivity contribution in [3.63, 3.8) is 0 Å². The van der Waals surface area contributed by atoms with Crippen LogP contribution in [0.5, 0.6) is 0 Å². The van der Waals surface area contributed by atoms with Crippen molar-refractivity contribution in [1.82, 2.24) is 9.88 Å². The summed E-state index contributed by atoms with van der Waals surface area (Å²) in [4.78, 5) is 21.5. The first kappa shape index (κ1) is 23.8. The Bertz CT molecular complexity index is 1200.